The van der Waals surface area contributed by atoms with Crippen LogP contribution in [0, 0.1) is 22.5 Å². The molecule has 1 aliphatic carbocycles. The van der Waals surface area contributed by atoms with Gasteiger partial charge >= 0.3 is 6.18 Å². The van der Waals surface area contributed by atoms with Crippen molar-refractivity contribution >= 4 is 5.69 Å². The molecule has 0 aromatic heterocycles. The van der Waals surface area contributed by atoms with Gasteiger partial charge in [0.25, 0.3) is 5.69 Å². The first-order valence-electron chi connectivity index (χ1n) is 6.46. The molecule has 1 aliphatic rings. The van der Waals surface area contributed by atoms with Crippen LogP contribution in [0.4, 0.5) is 18.9 Å². The minimum absolute atomic E-state index is 0.0692. The fraction of sp³-hybridized carbons (Fsp3) is 0.500. The van der Waals surface area contributed by atoms with Gasteiger partial charge in [0.15, 0.2) is 0 Å². The molecule has 0 spiro atoms. The number of nitro benzene ring substituents is 1. The molecular formula is C14H15F3NO2. The van der Waals surface area contributed by atoms with E-state index in [0.717, 1.165) is 31.4 Å². The highest BCUT2D eigenvalue weighted by molar-refractivity contribution is 5.46. The second-order valence-corrected chi connectivity index (χ2v) is 5.33. The second kappa shape index (κ2) is 5.42. The number of rotatable bonds is 2. The van der Waals surface area contributed by atoms with Crippen molar-refractivity contribution in [1.29, 1.82) is 0 Å². The van der Waals surface area contributed by atoms with Crippen molar-refractivity contribution in [2.45, 2.75) is 38.3 Å². The topological polar surface area (TPSA) is 43.1 Å². The third kappa shape index (κ3) is 3.11. The summed E-state index contributed by atoms with van der Waals surface area (Å²) in [5, 5.41) is 10.9. The molecule has 0 heterocycles. The second-order valence-electron chi connectivity index (χ2n) is 5.33. The number of nitro groups is 1. The number of nitrogens with zero attached hydrogens (tertiary/aromatic N) is 1. The quantitative estimate of drug-likeness (QED) is 0.583. The first-order chi connectivity index (χ1) is 9.29. The maximum absolute atomic E-state index is 12.7. The van der Waals surface area contributed by atoms with Gasteiger partial charge in [-0.15, -0.1) is 0 Å². The first-order valence-corrected chi connectivity index (χ1v) is 6.46. The highest BCUT2D eigenvalue weighted by Crippen LogP contribution is 2.40. The van der Waals surface area contributed by atoms with Crippen molar-refractivity contribution in [2.75, 3.05) is 0 Å². The van der Waals surface area contributed by atoms with E-state index in [2.05, 4.69) is 13.3 Å². The lowest BCUT2D eigenvalue weighted by atomic mass is 9.78. The van der Waals surface area contributed by atoms with E-state index in [1.807, 2.05) is 0 Å². The third-order valence-corrected chi connectivity index (χ3v) is 3.70. The van der Waals surface area contributed by atoms with Crippen LogP contribution < -0.4 is 0 Å². The van der Waals surface area contributed by atoms with Gasteiger partial charge in [-0.05, 0) is 49.1 Å². The zero-order valence-corrected chi connectivity index (χ0v) is 11.0. The zero-order valence-electron chi connectivity index (χ0n) is 11.0. The van der Waals surface area contributed by atoms with Crippen LogP contribution in [0.25, 0.3) is 0 Å². The Morgan fingerprint density at radius 1 is 1.30 bits per heavy atom. The molecular weight excluding hydrogens is 271 g/mol. The molecule has 1 fully saturated rings. The number of hydrogen-bond donors (Lipinski definition) is 0. The van der Waals surface area contributed by atoms with Gasteiger partial charge in [-0.3, -0.25) is 10.1 Å². The van der Waals surface area contributed by atoms with Gasteiger partial charge in [0.05, 0.1) is 4.92 Å². The molecule has 0 aliphatic heterocycles. The predicted octanol–water partition coefficient (Wildman–Crippen LogP) is 4.72. The molecule has 2 atom stereocenters. The zero-order chi connectivity index (χ0) is 14.9. The molecule has 0 N–H and O–H groups in total. The van der Waals surface area contributed by atoms with Gasteiger partial charge < -0.3 is 0 Å². The third-order valence-electron chi connectivity index (χ3n) is 3.70. The van der Waals surface area contributed by atoms with Gasteiger partial charge in [0.2, 0.25) is 0 Å². The Kier molecular flexibility index (Phi) is 4.01. The molecule has 0 bridgehead atoms. The molecule has 109 valence electrons. The Balaban J connectivity index is 2.37. The van der Waals surface area contributed by atoms with Crippen LogP contribution in [0.5, 0.6) is 0 Å². The summed E-state index contributed by atoms with van der Waals surface area (Å²) in [4.78, 5) is 9.91. The summed E-state index contributed by atoms with van der Waals surface area (Å²) in [5.74, 6) is 0.523. The van der Waals surface area contributed by atoms with E-state index in [1.54, 1.807) is 0 Å². The highest BCUT2D eigenvalue weighted by Gasteiger charge is 2.38. The van der Waals surface area contributed by atoms with Crippen LogP contribution in [0.3, 0.4) is 0 Å². The molecule has 1 aromatic carbocycles. The summed E-state index contributed by atoms with van der Waals surface area (Å²) in [6.07, 6.45) is -0.0135. The standard InChI is InChI=1S/C14H15F3NO2/c1-9-3-2-4-10(7-9)11-5-6-12(14(15,16)17)13(8-11)18(19)20/h2,5-6,8-10H,3-4,7H2,1H3. The summed E-state index contributed by atoms with van der Waals surface area (Å²) in [7, 11) is 0. The summed E-state index contributed by atoms with van der Waals surface area (Å²) >= 11 is 0. The number of alkyl halides is 3. The molecule has 20 heavy (non-hydrogen) atoms. The Morgan fingerprint density at radius 2 is 2.00 bits per heavy atom. The Hall–Kier alpha value is -1.59. The van der Waals surface area contributed by atoms with Crippen molar-refractivity contribution in [1.82, 2.24) is 0 Å². The Morgan fingerprint density at radius 3 is 2.55 bits per heavy atom. The lowest BCUT2D eigenvalue weighted by Gasteiger charge is -2.27. The molecule has 0 saturated heterocycles. The van der Waals surface area contributed by atoms with Crippen LogP contribution >= 0.6 is 0 Å². The molecule has 1 radical (unpaired) electrons. The first kappa shape index (κ1) is 14.8. The summed E-state index contributed by atoms with van der Waals surface area (Å²) in [5.41, 5.74) is -1.42. The van der Waals surface area contributed by atoms with Gasteiger partial charge in [-0.1, -0.05) is 13.0 Å². The van der Waals surface area contributed by atoms with Gasteiger partial charge in [0, 0.05) is 6.07 Å². The van der Waals surface area contributed by atoms with E-state index in [4.69, 9.17) is 0 Å². The van der Waals surface area contributed by atoms with Gasteiger partial charge in [0.1, 0.15) is 5.56 Å². The van der Waals surface area contributed by atoms with Crippen molar-refractivity contribution in [3.8, 4) is 0 Å². The van der Waals surface area contributed by atoms with E-state index < -0.39 is 22.4 Å². The van der Waals surface area contributed by atoms with Crippen molar-refractivity contribution < 1.29 is 18.1 Å². The van der Waals surface area contributed by atoms with Crippen LogP contribution in [0.2, 0.25) is 0 Å². The number of halogens is 3. The van der Waals surface area contributed by atoms with E-state index in [0.29, 0.717) is 11.5 Å². The van der Waals surface area contributed by atoms with Crippen LogP contribution in [-0.2, 0) is 6.18 Å². The van der Waals surface area contributed by atoms with Crippen LogP contribution in [0.1, 0.15) is 43.2 Å². The molecule has 1 saturated carbocycles. The predicted molar refractivity (Wildman–Crippen MR) is 68.2 cm³/mol. The fourth-order valence-electron chi connectivity index (χ4n) is 2.73. The van der Waals surface area contributed by atoms with Crippen molar-refractivity contribution in [2.24, 2.45) is 5.92 Å². The summed E-state index contributed by atoms with van der Waals surface area (Å²) in [6.45, 7) is 2.07. The Labute approximate surface area is 114 Å². The maximum atomic E-state index is 12.7. The van der Waals surface area contributed by atoms with Gasteiger partial charge in [-0.2, -0.15) is 13.2 Å². The van der Waals surface area contributed by atoms with E-state index in [-0.39, 0.29) is 5.92 Å². The lowest BCUT2D eigenvalue weighted by molar-refractivity contribution is -0.388. The van der Waals surface area contributed by atoms with E-state index in [1.165, 1.54) is 6.07 Å². The number of benzene rings is 1. The molecule has 3 nitrogen and oxygen atoms in total. The molecule has 0 amide bonds. The van der Waals surface area contributed by atoms with Crippen molar-refractivity contribution in [3.63, 3.8) is 0 Å². The molecule has 2 unspecified atom stereocenters. The largest absolute Gasteiger partial charge is 0.422 e. The van der Waals surface area contributed by atoms with Gasteiger partial charge in [-0.25, -0.2) is 0 Å². The van der Waals surface area contributed by atoms with E-state index in [9.17, 15) is 23.3 Å². The highest BCUT2D eigenvalue weighted by atomic mass is 19.4. The number of hydrogen-bond acceptors (Lipinski definition) is 2. The molecule has 1 aromatic rings. The van der Waals surface area contributed by atoms with E-state index >= 15 is 0 Å². The minimum Gasteiger partial charge on any atom is -0.258 e. The molecule has 6 heteroatoms. The average molecular weight is 286 g/mol. The Bertz CT molecular complexity index is 514. The maximum Gasteiger partial charge on any atom is 0.422 e. The molecule has 2 rings (SSSR count). The summed E-state index contributed by atoms with van der Waals surface area (Å²) in [6, 6.07) is 3.28. The average Bonchev–Trinajstić information content (AvgIpc) is 2.37. The van der Waals surface area contributed by atoms with Crippen LogP contribution in [-0.4, -0.2) is 4.92 Å². The lowest BCUT2D eigenvalue weighted by Crippen LogP contribution is -2.14. The van der Waals surface area contributed by atoms with Crippen LogP contribution in [0.15, 0.2) is 18.2 Å². The summed E-state index contributed by atoms with van der Waals surface area (Å²) < 4.78 is 38.2. The SMILES string of the molecule is CC1C[CH]CC(c2ccc(C(F)(F)F)c([N+](=O)[O-])c2)C1. The monoisotopic (exact) mass is 286 g/mol. The normalized spacial score (nSPS) is 23.6. The smallest absolute Gasteiger partial charge is 0.258 e. The van der Waals surface area contributed by atoms with Crippen molar-refractivity contribution in [3.05, 3.63) is 45.9 Å². The fourth-order valence-corrected chi connectivity index (χ4v) is 2.73. The minimum atomic E-state index is -4.70.